The molecule has 22 heavy (non-hydrogen) atoms. The largest absolute Gasteiger partial charge is 0.497 e. The third kappa shape index (κ3) is 3.67. The summed E-state index contributed by atoms with van der Waals surface area (Å²) >= 11 is 0. The summed E-state index contributed by atoms with van der Waals surface area (Å²) in [5, 5.41) is 17.7. The van der Waals surface area contributed by atoms with Crippen molar-refractivity contribution < 1.29 is 9.53 Å². The Morgan fingerprint density at radius 1 is 1.14 bits per heavy atom. The van der Waals surface area contributed by atoms with Crippen LogP contribution in [-0.2, 0) is 0 Å². The quantitative estimate of drug-likeness (QED) is 0.641. The Morgan fingerprint density at radius 2 is 1.77 bits per heavy atom. The lowest BCUT2D eigenvalue weighted by Gasteiger charge is -2.09. The zero-order valence-electron chi connectivity index (χ0n) is 12.2. The molecule has 0 bridgehead atoms. The van der Waals surface area contributed by atoms with Gasteiger partial charge in [-0.3, -0.25) is 4.79 Å². The molecule has 0 aromatic heterocycles. The van der Waals surface area contributed by atoms with Crippen molar-refractivity contribution >= 4 is 11.6 Å². The van der Waals surface area contributed by atoms with E-state index >= 15 is 0 Å². The molecule has 110 valence electrons. The van der Waals surface area contributed by atoms with Crippen LogP contribution in [-0.4, -0.2) is 25.1 Å². The Labute approximate surface area is 128 Å². The molecule has 2 aromatic rings. The predicted molar refractivity (Wildman–Crippen MR) is 80.8 cm³/mol. The van der Waals surface area contributed by atoms with E-state index in [1.807, 2.05) is 6.07 Å². The third-order valence-electron chi connectivity index (χ3n) is 2.92. The molecule has 0 N–H and O–H groups in total. The van der Waals surface area contributed by atoms with E-state index < -0.39 is 0 Å². The van der Waals surface area contributed by atoms with Crippen molar-refractivity contribution in [3.8, 4) is 11.8 Å². The first-order valence-corrected chi connectivity index (χ1v) is 6.48. The van der Waals surface area contributed by atoms with Crippen molar-refractivity contribution in [3.63, 3.8) is 0 Å². The van der Waals surface area contributed by atoms with Crippen LogP contribution in [0.25, 0.3) is 0 Å². The highest BCUT2D eigenvalue weighted by atomic mass is 16.5. The summed E-state index contributed by atoms with van der Waals surface area (Å²) in [7, 11) is 3.09. The van der Waals surface area contributed by atoms with Crippen molar-refractivity contribution in [3.05, 3.63) is 59.7 Å². The van der Waals surface area contributed by atoms with Crippen molar-refractivity contribution in [2.24, 2.45) is 10.3 Å². The first-order chi connectivity index (χ1) is 10.6. The van der Waals surface area contributed by atoms with E-state index in [9.17, 15) is 4.79 Å². The second-order valence-corrected chi connectivity index (χ2v) is 4.41. The summed E-state index contributed by atoms with van der Waals surface area (Å²) in [4.78, 5) is 12.2. The van der Waals surface area contributed by atoms with Crippen LogP contribution in [0.5, 0.6) is 5.75 Å². The summed E-state index contributed by atoms with van der Waals surface area (Å²) in [6, 6.07) is 15.4. The second kappa shape index (κ2) is 6.99. The first-order valence-electron chi connectivity index (χ1n) is 6.48. The monoisotopic (exact) mass is 294 g/mol. The summed E-state index contributed by atoms with van der Waals surface area (Å²) in [5.74, 6) is 0.401. The second-order valence-electron chi connectivity index (χ2n) is 4.41. The highest BCUT2D eigenvalue weighted by Gasteiger charge is 2.10. The molecule has 0 unspecified atom stereocenters. The highest BCUT2D eigenvalue weighted by Crippen LogP contribution is 2.15. The molecule has 1 amide bonds. The number of hydrogen-bond donors (Lipinski definition) is 0. The average molecular weight is 294 g/mol. The molecule has 0 heterocycles. The molecule has 0 aliphatic heterocycles. The van der Waals surface area contributed by atoms with Gasteiger partial charge in [-0.05, 0) is 48.5 Å². The van der Waals surface area contributed by atoms with Crippen LogP contribution in [0.1, 0.15) is 15.9 Å². The van der Waals surface area contributed by atoms with Crippen molar-refractivity contribution in [2.45, 2.75) is 0 Å². The van der Waals surface area contributed by atoms with Gasteiger partial charge in [0.05, 0.1) is 24.4 Å². The van der Waals surface area contributed by atoms with E-state index in [1.165, 1.54) is 7.05 Å². The van der Waals surface area contributed by atoms with Gasteiger partial charge in [0, 0.05) is 12.6 Å². The van der Waals surface area contributed by atoms with E-state index in [1.54, 1.807) is 55.6 Å². The van der Waals surface area contributed by atoms with Gasteiger partial charge in [-0.2, -0.15) is 5.26 Å². The number of hydrogen-bond acceptors (Lipinski definition) is 5. The van der Waals surface area contributed by atoms with Gasteiger partial charge >= 0.3 is 0 Å². The molecule has 0 aliphatic rings. The lowest BCUT2D eigenvalue weighted by Crippen LogP contribution is -2.20. The number of carbonyl (C=O) groups excluding carboxylic acids is 1. The van der Waals surface area contributed by atoms with Crippen LogP contribution in [0.2, 0.25) is 0 Å². The fourth-order valence-corrected chi connectivity index (χ4v) is 1.68. The molecule has 0 atom stereocenters. The minimum atomic E-state index is -0.278. The topological polar surface area (TPSA) is 78.0 Å². The summed E-state index contributed by atoms with van der Waals surface area (Å²) in [6.07, 6.45) is 0. The van der Waals surface area contributed by atoms with Crippen molar-refractivity contribution in [1.29, 1.82) is 5.26 Å². The Kier molecular flexibility index (Phi) is 4.83. The SMILES string of the molecule is COc1ccc(C(=O)N(C)N=Nc2ccc(C#N)cc2)cc1. The lowest BCUT2D eigenvalue weighted by molar-refractivity contribution is 0.0788. The average Bonchev–Trinajstić information content (AvgIpc) is 2.59. The molecule has 0 fully saturated rings. The van der Waals surface area contributed by atoms with E-state index in [2.05, 4.69) is 10.3 Å². The lowest BCUT2D eigenvalue weighted by atomic mass is 10.2. The van der Waals surface area contributed by atoms with Gasteiger partial charge in [0.1, 0.15) is 5.75 Å². The number of rotatable bonds is 4. The van der Waals surface area contributed by atoms with E-state index in [-0.39, 0.29) is 5.91 Å². The van der Waals surface area contributed by atoms with Crippen LogP contribution in [0.15, 0.2) is 58.9 Å². The molecule has 0 saturated carbocycles. The van der Waals surface area contributed by atoms with E-state index in [4.69, 9.17) is 10.00 Å². The van der Waals surface area contributed by atoms with Gasteiger partial charge in [0.25, 0.3) is 5.91 Å². The molecular formula is C16H14N4O2. The fraction of sp³-hybridized carbons (Fsp3) is 0.125. The van der Waals surface area contributed by atoms with E-state index in [0.717, 1.165) is 5.01 Å². The molecular weight excluding hydrogens is 280 g/mol. The van der Waals surface area contributed by atoms with Crippen LogP contribution in [0.4, 0.5) is 5.69 Å². The summed E-state index contributed by atoms with van der Waals surface area (Å²) in [6.45, 7) is 0. The smallest absolute Gasteiger partial charge is 0.275 e. The maximum atomic E-state index is 12.2. The zero-order valence-corrected chi connectivity index (χ0v) is 12.2. The Balaban J connectivity index is 2.06. The number of ether oxygens (including phenoxy) is 1. The van der Waals surface area contributed by atoms with Crippen molar-refractivity contribution in [1.82, 2.24) is 5.01 Å². The number of methoxy groups -OCH3 is 1. The molecule has 2 rings (SSSR count). The number of amides is 1. The molecule has 0 radical (unpaired) electrons. The maximum Gasteiger partial charge on any atom is 0.275 e. The normalized spacial score (nSPS) is 10.2. The van der Waals surface area contributed by atoms with Gasteiger partial charge in [0.2, 0.25) is 0 Å². The van der Waals surface area contributed by atoms with E-state index in [0.29, 0.717) is 22.6 Å². The molecule has 6 heteroatoms. The third-order valence-corrected chi connectivity index (χ3v) is 2.92. The van der Waals surface area contributed by atoms with Gasteiger partial charge in [0.15, 0.2) is 0 Å². The number of benzene rings is 2. The van der Waals surface area contributed by atoms with Crippen LogP contribution >= 0.6 is 0 Å². The number of nitrogens with zero attached hydrogens (tertiary/aromatic N) is 4. The highest BCUT2D eigenvalue weighted by molar-refractivity contribution is 5.93. The predicted octanol–water partition coefficient (Wildman–Crippen LogP) is 3.34. The molecule has 0 saturated heterocycles. The van der Waals surface area contributed by atoms with Crippen LogP contribution in [0.3, 0.4) is 0 Å². The standard InChI is InChI=1S/C16H14N4O2/c1-20(16(21)13-5-9-15(22-2)10-6-13)19-18-14-7-3-12(11-17)4-8-14/h3-10H,1-2H3. The van der Waals surface area contributed by atoms with Gasteiger partial charge < -0.3 is 4.74 Å². The summed E-state index contributed by atoms with van der Waals surface area (Å²) < 4.78 is 5.04. The first kappa shape index (κ1) is 15.2. The molecule has 2 aromatic carbocycles. The van der Waals surface area contributed by atoms with Crippen LogP contribution in [0, 0.1) is 11.3 Å². The number of carbonyl (C=O) groups is 1. The minimum absolute atomic E-state index is 0.278. The Morgan fingerprint density at radius 3 is 2.32 bits per heavy atom. The Hall–Kier alpha value is -3.20. The van der Waals surface area contributed by atoms with Crippen LogP contribution < -0.4 is 4.74 Å². The van der Waals surface area contributed by atoms with Gasteiger partial charge in [-0.15, -0.1) is 5.11 Å². The van der Waals surface area contributed by atoms with Crippen molar-refractivity contribution in [2.75, 3.05) is 14.2 Å². The molecule has 0 aliphatic carbocycles. The molecule has 6 nitrogen and oxygen atoms in total. The van der Waals surface area contributed by atoms with Gasteiger partial charge in [-0.1, -0.05) is 5.22 Å². The Bertz CT molecular complexity index is 715. The fourth-order valence-electron chi connectivity index (χ4n) is 1.68. The number of nitriles is 1. The van der Waals surface area contributed by atoms with Gasteiger partial charge in [-0.25, -0.2) is 5.01 Å². The zero-order chi connectivity index (χ0) is 15.9. The maximum absolute atomic E-state index is 12.2. The molecule has 0 spiro atoms. The summed E-state index contributed by atoms with van der Waals surface area (Å²) in [5.41, 5.74) is 1.59. The minimum Gasteiger partial charge on any atom is -0.497 e.